The number of likely N-dealkylation sites (tertiary alicyclic amines) is 1. The van der Waals surface area contributed by atoms with Gasteiger partial charge in [-0.05, 0) is 63.4 Å². The van der Waals surface area contributed by atoms with Crippen molar-refractivity contribution in [2.24, 2.45) is 0 Å². The van der Waals surface area contributed by atoms with Crippen LogP contribution in [0.15, 0.2) is 48.5 Å². The fourth-order valence-electron chi connectivity index (χ4n) is 4.95. The lowest BCUT2D eigenvalue weighted by molar-refractivity contribution is 0.203. The summed E-state index contributed by atoms with van der Waals surface area (Å²) in [6.07, 6.45) is 3.49. The van der Waals surface area contributed by atoms with Gasteiger partial charge < -0.3 is 5.32 Å². The molecule has 3 aromatic rings. The fraction of sp³-hybridized carbons (Fsp3) is 0.400. The first kappa shape index (κ1) is 18.4. The molecule has 5 rings (SSSR count). The van der Waals surface area contributed by atoms with E-state index in [4.69, 9.17) is 5.10 Å². The van der Waals surface area contributed by atoms with Crippen LogP contribution in [-0.4, -0.2) is 34.3 Å². The number of piperidine rings is 1. The standard InChI is InChI=1S/C25H30N4/c1-18-8-9-23(19(2)16-18)29-25-22(10-13-26-25)24(27-29)21-11-14-28(15-12-21)17-20-6-4-3-5-7-20/h3-9,16,21,26H,10-15,17H2,1-2H3. The molecular weight excluding hydrogens is 356 g/mol. The van der Waals surface area contributed by atoms with E-state index in [1.54, 1.807) is 0 Å². The summed E-state index contributed by atoms with van der Waals surface area (Å²) in [4.78, 5) is 2.59. The molecule has 0 spiro atoms. The van der Waals surface area contributed by atoms with Crippen molar-refractivity contribution in [1.29, 1.82) is 0 Å². The van der Waals surface area contributed by atoms with Gasteiger partial charge >= 0.3 is 0 Å². The van der Waals surface area contributed by atoms with Crippen molar-refractivity contribution in [3.63, 3.8) is 0 Å². The lowest BCUT2D eigenvalue weighted by Gasteiger charge is -2.31. The van der Waals surface area contributed by atoms with Gasteiger partial charge in [0.05, 0.1) is 11.4 Å². The number of hydrogen-bond donors (Lipinski definition) is 1. The van der Waals surface area contributed by atoms with Crippen LogP contribution in [0.3, 0.4) is 0 Å². The highest BCUT2D eigenvalue weighted by molar-refractivity contribution is 5.59. The van der Waals surface area contributed by atoms with Gasteiger partial charge in [0, 0.05) is 24.6 Å². The van der Waals surface area contributed by atoms with E-state index in [0.717, 1.165) is 32.6 Å². The van der Waals surface area contributed by atoms with E-state index in [-0.39, 0.29) is 0 Å². The van der Waals surface area contributed by atoms with Crippen LogP contribution in [-0.2, 0) is 13.0 Å². The number of aryl methyl sites for hydroxylation is 2. The topological polar surface area (TPSA) is 33.1 Å². The van der Waals surface area contributed by atoms with Crippen molar-refractivity contribution in [3.05, 3.63) is 76.5 Å². The van der Waals surface area contributed by atoms with E-state index >= 15 is 0 Å². The number of benzene rings is 2. The fourth-order valence-corrected chi connectivity index (χ4v) is 4.95. The molecule has 0 atom stereocenters. The van der Waals surface area contributed by atoms with Gasteiger partial charge in [0.15, 0.2) is 0 Å². The zero-order valence-corrected chi connectivity index (χ0v) is 17.5. The quantitative estimate of drug-likeness (QED) is 0.697. The van der Waals surface area contributed by atoms with Crippen molar-refractivity contribution < 1.29 is 0 Å². The van der Waals surface area contributed by atoms with Crippen LogP contribution < -0.4 is 5.32 Å². The Hall–Kier alpha value is -2.59. The largest absolute Gasteiger partial charge is 0.369 e. The Bertz CT molecular complexity index is 997. The van der Waals surface area contributed by atoms with E-state index in [0.29, 0.717) is 5.92 Å². The van der Waals surface area contributed by atoms with Crippen LogP contribution in [0.2, 0.25) is 0 Å². The summed E-state index contributed by atoms with van der Waals surface area (Å²) < 4.78 is 2.17. The maximum atomic E-state index is 5.16. The maximum Gasteiger partial charge on any atom is 0.133 e. The van der Waals surface area contributed by atoms with Crippen molar-refractivity contribution >= 4 is 5.82 Å². The Morgan fingerprint density at radius 2 is 1.83 bits per heavy atom. The molecule has 0 saturated carbocycles. The third-order valence-corrected chi connectivity index (χ3v) is 6.49. The Morgan fingerprint density at radius 3 is 2.59 bits per heavy atom. The van der Waals surface area contributed by atoms with Gasteiger partial charge in [-0.3, -0.25) is 4.90 Å². The van der Waals surface area contributed by atoms with Crippen LogP contribution in [0.25, 0.3) is 5.69 Å². The Morgan fingerprint density at radius 1 is 1.03 bits per heavy atom. The zero-order valence-electron chi connectivity index (χ0n) is 17.5. The maximum absolute atomic E-state index is 5.16. The van der Waals surface area contributed by atoms with Crippen LogP contribution in [0, 0.1) is 13.8 Å². The van der Waals surface area contributed by atoms with E-state index in [1.807, 2.05) is 0 Å². The van der Waals surface area contributed by atoms with Crippen molar-refractivity contribution in [1.82, 2.24) is 14.7 Å². The molecule has 4 nitrogen and oxygen atoms in total. The molecule has 1 saturated heterocycles. The monoisotopic (exact) mass is 386 g/mol. The van der Waals surface area contributed by atoms with Crippen LogP contribution in [0.5, 0.6) is 0 Å². The number of fused-ring (bicyclic) bond motifs is 1. The van der Waals surface area contributed by atoms with E-state index in [1.165, 1.54) is 52.3 Å². The summed E-state index contributed by atoms with van der Waals surface area (Å²) in [6, 6.07) is 17.5. The van der Waals surface area contributed by atoms with Crippen molar-refractivity contribution in [2.45, 2.75) is 45.6 Å². The third-order valence-electron chi connectivity index (χ3n) is 6.49. The molecule has 1 aromatic heterocycles. The average Bonchev–Trinajstić information content (AvgIpc) is 3.33. The molecular formula is C25H30N4. The molecule has 2 aromatic carbocycles. The molecule has 3 heterocycles. The number of nitrogens with zero attached hydrogens (tertiary/aromatic N) is 3. The second-order valence-electron chi connectivity index (χ2n) is 8.63. The van der Waals surface area contributed by atoms with E-state index in [2.05, 4.69) is 77.3 Å². The summed E-state index contributed by atoms with van der Waals surface area (Å²) in [5, 5.41) is 8.76. The second kappa shape index (κ2) is 7.68. The smallest absolute Gasteiger partial charge is 0.133 e. The molecule has 0 radical (unpaired) electrons. The summed E-state index contributed by atoms with van der Waals surface area (Å²) in [5.41, 5.74) is 7.99. The van der Waals surface area contributed by atoms with Gasteiger partial charge in [-0.15, -0.1) is 0 Å². The SMILES string of the molecule is Cc1ccc(-n2nc(C3CCN(Cc4ccccc4)CC3)c3c2NCC3)c(C)c1. The molecule has 2 aliphatic heterocycles. The Kier molecular flexibility index (Phi) is 4.88. The van der Waals surface area contributed by atoms with E-state index < -0.39 is 0 Å². The Labute approximate surface area is 173 Å². The number of nitrogens with one attached hydrogen (secondary N) is 1. The summed E-state index contributed by atoms with van der Waals surface area (Å²) in [7, 11) is 0. The lowest BCUT2D eigenvalue weighted by atomic mass is 9.90. The number of hydrogen-bond acceptors (Lipinski definition) is 3. The zero-order chi connectivity index (χ0) is 19.8. The second-order valence-corrected chi connectivity index (χ2v) is 8.63. The molecule has 1 fully saturated rings. The van der Waals surface area contributed by atoms with Crippen molar-refractivity contribution in [3.8, 4) is 5.69 Å². The predicted octanol–water partition coefficient (Wildman–Crippen LogP) is 4.84. The highest BCUT2D eigenvalue weighted by Crippen LogP contribution is 2.37. The average molecular weight is 387 g/mol. The first-order valence-corrected chi connectivity index (χ1v) is 10.9. The highest BCUT2D eigenvalue weighted by atomic mass is 15.3. The molecule has 0 amide bonds. The summed E-state index contributed by atoms with van der Waals surface area (Å²) >= 11 is 0. The highest BCUT2D eigenvalue weighted by Gasteiger charge is 2.30. The molecule has 4 heteroatoms. The molecule has 29 heavy (non-hydrogen) atoms. The Balaban J connectivity index is 1.36. The number of rotatable bonds is 4. The minimum Gasteiger partial charge on any atom is -0.369 e. The third kappa shape index (κ3) is 3.58. The van der Waals surface area contributed by atoms with Crippen LogP contribution in [0.4, 0.5) is 5.82 Å². The molecule has 150 valence electrons. The number of anilines is 1. The lowest BCUT2D eigenvalue weighted by Crippen LogP contribution is -2.32. The molecule has 1 N–H and O–H groups in total. The van der Waals surface area contributed by atoms with Gasteiger partial charge in [-0.1, -0.05) is 48.0 Å². The first-order valence-electron chi connectivity index (χ1n) is 10.9. The molecule has 0 bridgehead atoms. The normalized spacial score (nSPS) is 17.3. The minimum atomic E-state index is 0.572. The molecule has 0 unspecified atom stereocenters. The van der Waals surface area contributed by atoms with Gasteiger partial charge in [-0.25, -0.2) is 4.68 Å². The van der Waals surface area contributed by atoms with E-state index in [9.17, 15) is 0 Å². The van der Waals surface area contributed by atoms with Gasteiger partial charge in [0.2, 0.25) is 0 Å². The van der Waals surface area contributed by atoms with Gasteiger partial charge in [-0.2, -0.15) is 5.10 Å². The van der Waals surface area contributed by atoms with Crippen LogP contribution in [0.1, 0.15) is 46.7 Å². The predicted molar refractivity (Wildman–Crippen MR) is 119 cm³/mol. The van der Waals surface area contributed by atoms with Gasteiger partial charge in [0.25, 0.3) is 0 Å². The molecule has 2 aliphatic rings. The summed E-state index contributed by atoms with van der Waals surface area (Å²) in [6.45, 7) is 8.73. The summed E-state index contributed by atoms with van der Waals surface area (Å²) in [5.74, 6) is 1.79. The number of aromatic nitrogens is 2. The van der Waals surface area contributed by atoms with Crippen LogP contribution >= 0.6 is 0 Å². The first-order chi connectivity index (χ1) is 14.2. The minimum absolute atomic E-state index is 0.572. The molecule has 0 aliphatic carbocycles. The van der Waals surface area contributed by atoms with Gasteiger partial charge in [0.1, 0.15) is 5.82 Å². The van der Waals surface area contributed by atoms with Crippen molar-refractivity contribution in [2.75, 3.05) is 25.0 Å².